The first-order chi connectivity index (χ1) is 10.2. The highest BCUT2D eigenvalue weighted by Crippen LogP contribution is 2.19. The molecule has 0 aliphatic rings. The van der Waals surface area contributed by atoms with Crippen LogP contribution in [0.15, 0.2) is 48.9 Å². The Hall–Kier alpha value is -2.69. The number of benzene rings is 1. The summed E-state index contributed by atoms with van der Waals surface area (Å²) < 4.78 is 13.4. The minimum Gasteiger partial charge on any atom is -0.361 e. The number of amides is 1. The van der Waals surface area contributed by atoms with E-state index in [2.05, 4.69) is 15.3 Å². The number of para-hydroxylation sites is 1. The van der Waals surface area contributed by atoms with Gasteiger partial charge in [-0.3, -0.25) is 9.78 Å². The van der Waals surface area contributed by atoms with Gasteiger partial charge in [-0.05, 0) is 24.1 Å². The highest BCUT2D eigenvalue weighted by atomic mass is 19.1. The molecule has 2 heterocycles. The Labute approximate surface area is 121 Å². The van der Waals surface area contributed by atoms with Crippen molar-refractivity contribution in [1.82, 2.24) is 9.97 Å². The number of nitrogens with one attached hydrogen (secondary N) is 2. The molecule has 2 N–H and O–H groups in total. The van der Waals surface area contributed by atoms with Crippen molar-refractivity contribution in [2.45, 2.75) is 12.8 Å². The van der Waals surface area contributed by atoms with E-state index in [4.69, 9.17) is 0 Å². The van der Waals surface area contributed by atoms with E-state index in [1.165, 1.54) is 12.3 Å². The molecular weight excluding hydrogens is 269 g/mol. The number of hydrogen-bond donors (Lipinski definition) is 2. The van der Waals surface area contributed by atoms with Gasteiger partial charge in [0.05, 0.1) is 11.9 Å². The summed E-state index contributed by atoms with van der Waals surface area (Å²) in [5.74, 6) is -0.747. The molecule has 2 aromatic heterocycles. The van der Waals surface area contributed by atoms with Crippen molar-refractivity contribution in [2.24, 2.45) is 0 Å². The molecule has 0 saturated heterocycles. The van der Waals surface area contributed by atoms with Crippen LogP contribution in [-0.2, 0) is 11.2 Å². The third-order valence-electron chi connectivity index (χ3n) is 3.34. The molecule has 0 aliphatic heterocycles. The minimum absolute atomic E-state index is 0.161. The lowest BCUT2D eigenvalue weighted by Gasteiger charge is -2.05. The van der Waals surface area contributed by atoms with E-state index >= 15 is 0 Å². The van der Waals surface area contributed by atoms with Gasteiger partial charge < -0.3 is 10.3 Å². The van der Waals surface area contributed by atoms with Crippen molar-refractivity contribution in [3.63, 3.8) is 0 Å². The van der Waals surface area contributed by atoms with E-state index in [-0.39, 0.29) is 11.6 Å². The number of hydrogen-bond acceptors (Lipinski definition) is 2. The van der Waals surface area contributed by atoms with Gasteiger partial charge in [-0.15, -0.1) is 0 Å². The summed E-state index contributed by atoms with van der Waals surface area (Å²) in [7, 11) is 0. The van der Waals surface area contributed by atoms with Gasteiger partial charge in [-0.2, -0.15) is 0 Å². The van der Waals surface area contributed by atoms with Crippen molar-refractivity contribution in [2.75, 3.05) is 5.32 Å². The lowest BCUT2D eigenvalue weighted by molar-refractivity contribution is -0.116. The Bertz CT molecular complexity index is 782. The summed E-state index contributed by atoms with van der Waals surface area (Å²) in [6.07, 6.45) is 5.32. The quantitative estimate of drug-likeness (QED) is 0.772. The average Bonchev–Trinajstić information content (AvgIpc) is 2.91. The molecule has 3 rings (SSSR count). The molecule has 1 amide bonds. The molecule has 0 spiro atoms. The summed E-state index contributed by atoms with van der Waals surface area (Å²) in [4.78, 5) is 18.7. The van der Waals surface area contributed by atoms with Crippen LogP contribution in [0, 0.1) is 5.82 Å². The van der Waals surface area contributed by atoms with Crippen LogP contribution < -0.4 is 5.32 Å². The number of anilines is 1. The fourth-order valence-corrected chi connectivity index (χ4v) is 2.28. The second kappa shape index (κ2) is 5.75. The Balaban J connectivity index is 1.65. The largest absolute Gasteiger partial charge is 0.361 e. The topological polar surface area (TPSA) is 57.8 Å². The van der Waals surface area contributed by atoms with Crippen molar-refractivity contribution in [3.05, 3.63) is 60.3 Å². The Morgan fingerprint density at radius 1 is 1.29 bits per heavy atom. The Morgan fingerprint density at radius 3 is 3.00 bits per heavy atom. The highest BCUT2D eigenvalue weighted by molar-refractivity contribution is 5.91. The molecule has 4 nitrogen and oxygen atoms in total. The van der Waals surface area contributed by atoms with Gasteiger partial charge in [0.25, 0.3) is 0 Å². The zero-order valence-corrected chi connectivity index (χ0v) is 11.3. The van der Waals surface area contributed by atoms with Crippen molar-refractivity contribution in [1.29, 1.82) is 0 Å². The molecule has 5 heteroatoms. The van der Waals surface area contributed by atoms with Gasteiger partial charge >= 0.3 is 0 Å². The molecule has 0 fully saturated rings. The molecule has 0 radical (unpaired) electrons. The molecule has 0 atom stereocenters. The fraction of sp³-hybridized carbons (Fsp3) is 0.125. The molecule has 0 unspecified atom stereocenters. The summed E-state index contributed by atoms with van der Waals surface area (Å²) in [6, 6.07) is 9.37. The van der Waals surface area contributed by atoms with Crippen LogP contribution in [-0.4, -0.2) is 15.9 Å². The van der Waals surface area contributed by atoms with Crippen LogP contribution in [0.1, 0.15) is 12.0 Å². The monoisotopic (exact) mass is 283 g/mol. The molecule has 0 aliphatic carbocycles. The van der Waals surface area contributed by atoms with E-state index < -0.39 is 5.82 Å². The first-order valence-electron chi connectivity index (χ1n) is 6.68. The van der Waals surface area contributed by atoms with E-state index in [1.807, 2.05) is 30.5 Å². The van der Waals surface area contributed by atoms with Crippen LogP contribution in [0.4, 0.5) is 10.1 Å². The lowest BCUT2D eigenvalue weighted by atomic mass is 10.1. The number of aryl methyl sites for hydroxylation is 1. The Kier molecular flexibility index (Phi) is 3.64. The first kappa shape index (κ1) is 13.3. The summed E-state index contributed by atoms with van der Waals surface area (Å²) >= 11 is 0. The maximum absolute atomic E-state index is 13.4. The van der Waals surface area contributed by atoms with Crippen molar-refractivity contribution < 1.29 is 9.18 Å². The summed E-state index contributed by atoms with van der Waals surface area (Å²) in [5, 5.41) is 3.67. The van der Waals surface area contributed by atoms with Crippen LogP contribution in [0.3, 0.4) is 0 Å². The number of halogens is 1. The molecule has 1 aromatic carbocycles. The van der Waals surface area contributed by atoms with Gasteiger partial charge in [0.15, 0.2) is 5.82 Å². The normalized spacial score (nSPS) is 10.7. The van der Waals surface area contributed by atoms with Gasteiger partial charge in [0.2, 0.25) is 5.91 Å². The minimum atomic E-state index is -0.530. The average molecular weight is 283 g/mol. The second-order valence-corrected chi connectivity index (χ2v) is 4.76. The number of pyridine rings is 1. The number of aromatic amines is 1. The molecule has 0 saturated carbocycles. The van der Waals surface area contributed by atoms with Crippen LogP contribution in [0.2, 0.25) is 0 Å². The third kappa shape index (κ3) is 2.91. The number of nitrogens with zero attached hydrogens (tertiary/aromatic N) is 1. The predicted octanol–water partition coefficient (Wildman–Crippen LogP) is 3.27. The molecule has 106 valence electrons. The van der Waals surface area contributed by atoms with Crippen molar-refractivity contribution >= 4 is 22.5 Å². The van der Waals surface area contributed by atoms with Crippen molar-refractivity contribution in [3.8, 4) is 0 Å². The van der Waals surface area contributed by atoms with E-state index in [0.29, 0.717) is 12.8 Å². The lowest BCUT2D eigenvalue weighted by Crippen LogP contribution is -2.13. The van der Waals surface area contributed by atoms with Gasteiger partial charge in [0.1, 0.15) is 0 Å². The molecule has 21 heavy (non-hydrogen) atoms. The number of carbonyl (C=O) groups excluding carboxylic acids is 1. The maximum atomic E-state index is 13.4. The summed E-state index contributed by atoms with van der Waals surface area (Å²) in [5.41, 5.74) is 2.29. The van der Waals surface area contributed by atoms with E-state index in [1.54, 1.807) is 0 Å². The maximum Gasteiger partial charge on any atom is 0.224 e. The Morgan fingerprint density at radius 2 is 2.14 bits per heavy atom. The third-order valence-corrected chi connectivity index (χ3v) is 3.34. The highest BCUT2D eigenvalue weighted by Gasteiger charge is 2.09. The van der Waals surface area contributed by atoms with E-state index in [0.717, 1.165) is 22.7 Å². The number of aromatic nitrogens is 2. The van der Waals surface area contributed by atoms with Crippen LogP contribution >= 0.6 is 0 Å². The molecule has 3 aromatic rings. The van der Waals surface area contributed by atoms with Gasteiger partial charge in [-0.25, -0.2) is 4.39 Å². The number of fused-ring (bicyclic) bond motifs is 1. The number of carbonyl (C=O) groups is 1. The predicted molar refractivity (Wildman–Crippen MR) is 79.4 cm³/mol. The standard InChI is InChI=1S/C16H14FN3O/c17-13-10-18-8-7-15(13)20-16(21)6-5-11-9-19-14-4-2-1-3-12(11)14/h1-4,7-10,19H,5-6H2,(H,18,20,21). The second-order valence-electron chi connectivity index (χ2n) is 4.76. The molecular formula is C16H14FN3O. The SMILES string of the molecule is O=C(CCc1c[nH]c2ccccc12)Nc1ccncc1F. The molecule has 0 bridgehead atoms. The van der Waals surface area contributed by atoms with Gasteiger partial charge in [-0.1, -0.05) is 18.2 Å². The fourth-order valence-electron chi connectivity index (χ4n) is 2.28. The summed E-state index contributed by atoms with van der Waals surface area (Å²) in [6.45, 7) is 0. The first-order valence-corrected chi connectivity index (χ1v) is 6.68. The van der Waals surface area contributed by atoms with Crippen LogP contribution in [0.25, 0.3) is 10.9 Å². The zero-order valence-electron chi connectivity index (χ0n) is 11.3. The zero-order chi connectivity index (χ0) is 14.7. The van der Waals surface area contributed by atoms with Crippen LogP contribution in [0.5, 0.6) is 0 Å². The van der Waals surface area contributed by atoms with E-state index in [9.17, 15) is 9.18 Å². The smallest absolute Gasteiger partial charge is 0.224 e. The van der Waals surface area contributed by atoms with Gasteiger partial charge in [0, 0.05) is 29.7 Å². The number of H-pyrrole nitrogens is 1. The number of rotatable bonds is 4.